The van der Waals surface area contributed by atoms with Crippen LogP contribution >= 0.6 is 0 Å². The maximum absolute atomic E-state index is 5.12. The Kier molecular flexibility index (Phi) is 5.33. The minimum absolute atomic E-state index is 0.349. The zero-order valence-corrected chi connectivity index (χ0v) is 18.9. The molecule has 4 heterocycles. The van der Waals surface area contributed by atoms with Crippen LogP contribution in [0.5, 0.6) is 0 Å². The van der Waals surface area contributed by atoms with Crippen LogP contribution in [0.3, 0.4) is 0 Å². The summed E-state index contributed by atoms with van der Waals surface area (Å²) in [5, 5.41) is 10.9. The molecular weight excluding hydrogens is 422 g/mol. The fraction of sp³-hybridized carbons (Fsp3) is 0.185. The van der Waals surface area contributed by atoms with E-state index in [0.717, 1.165) is 64.3 Å². The predicted molar refractivity (Wildman–Crippen MR) is 131 cm³/mol. The second-order valence-electron chi connectivity index (χ2n) is 8.74. The van der Waals surface area contributed by atoms with Crippen molar-refractivity contribution in [2.75, 3.05) is 6.54 Å². The topological polar surface area (TPSA) is 112 Å². The first-order valence-corrected chi connectivity index (χ1v) is 11.8. The number of aromatic amines is 1. The molecule has 3 aromatic heterocycles. The summed E-state index contributed by atoms with van der Waals surface area (Å²) >= 11 is 0. The van der Waals surface area contributed by atoms with Gasteiger partial charge in [-0.3, -0.25) is 10.1 Å². The number of aromatic nitrogens is 5. The summed E-state index contributed by atoms with van der Waals surface area (Å²) in [5.74, 6) is 1.54. The smallest absolute Gasteiger partial charge is 0.200 e. The fourth-order valence-corrected chi connectivity index (χ4v) is 4.73. The Bertz CT molecular complexity index is 1440. The SMILES string of the molecule is [NH3+]Cc1ccc(-c2nc3ccnc(-c4n[nH]c(C5CCC[NH2+]5)n4)c3cc2-c2ccccc2)cc1. The minimum Gasteiger partial charge on any atom is -0.354 e. The van der Waals surface area contributed by atoms with E-state index < -0.39 is 0 Å². The molecule has 6 rings (SSSR count). The monoisotopic (exact) mass is 449 g/mol. The van der Waals surface area contributed by atoms with Gasteiger partial charge in [0.05, 0.1) is 24.3 Å². The zero-order valence-electron chi connectivity index (χ0n) is 18.9. The van der Waals surface area contributed by atoms with E-state index in [0.29, 0.717) is 11.9 Å². The summed E-state index contributed by atoms with van der Waals surface area (Å²) in [7, 11) is 0. The molecule has 0 spiro atoms. The molecule has 1 aliphatic heterocycles. The number of nitrogens with two attached hydrogens (primary N) is 1. The van der Waals surface area contributed by atoms with Crippen molar-refractivity contribution >= 4 is 10.9 Å². The van der Waals surface area contributed by atoms with Gasteiger partial charge in [0.25, 0.3) is 0 Å². The molecular formula is C27H27N7+2. The molecule has 0 radical (unpaired) electrons. The van der Waals surface area contributed by atoms with E-state index in [-0.39, 0.29) is 0 Å². The molecule has 34 heavy (non-hydrogen) atoms. The maximum Gasteiger partial charge on any atom is 0.200 e. The Balaban J connectivity index is 1.53. The molecule has 2 aromatic carbocycles. The van der Waals surface area contributed by atoms with Crippen LogP contribution < -0.4 is 11.1 Å². The van der Waals surface area contributed by atoms with Crippen LogP contribution in [0.2, 0.25) is 0 Å². The fourth-order valence-electron chi connectivity index (χ4n) is 4.73. The van der Waals surface area contributed by atoms with Gasteiger partial charge in [-0.25, -0.2) is 9.97 Å². The number of H-pyrrole nitrogens is 1. The molecule has 0 aliphatic carbocycles. The van der Waals surface area contributed by atoms with Crippen LogP contribution in [0.15, 0.2) is 72.9 Å². The third kappa shape index (κ3) is 3.75. The number of fused-ring (bicyclic) bond motifs is 1. The highest BCUT2D eigenvalue weighted by Crippen LogP contribution is 2.35. The Morgan fingerprint density at radius 1 is 0.941 bits per heavy atom. The number of benzene rings is 2. The van der Waals surface area contributed by atoms with Crippen LogP contribution in [-0.4, -0.2) is 31.7 Å². The first kappa shape index (κ1) is 20.7. The van der Waals surface area contributed by atoms with Gasteiger partial charge >= 0.3 is 0 Å². The van der Waals surface area contributed by atoms with E-state index in [1.807, 2.05) is 12.1 Å². The molecule has 7 nitrogen and oxygen atoms in total. The van der Waals surface area contributed by atoms with Crippen LogP contribution in [0, 0.1) is 0 Å². The Morgan fingerprint density at radius 2 is 1.79 bits per heavy atom. The lowest BCUT2D eigenvalue weighted by molar-refractivity contribution is -0.677. The molecule has 5 aromatic rings. The van der Waals surface area contributed by atoms with Crippen LogP contribution in [0.4, 0.5) is 0 Å². The van der Waals surface area contributed by atoms with Gasteiger partial charge in [0.1, 0.15) is 11.7 Å². The van der Waals surface area contributed by atoms with Crippen molar-refractivity contribution < 1.29 is 11.1 Å². The molecule has 0 saturated carbocycles. The third-order valence-electron chi connectivity index (χ3n) is 6.58. The van der Waals surface area contributed by atoms with Gasteiger partial charge in [-0.1, -0.05) is 54.6 Å². The number of pyridine rings is 2. The summed E-state index contributed by atoms with van der Waals surface area (Å²) in [4.78, 5) is 14.6. The maximum atomic E-state index is 5.12. The van der Waals surface area contributed by atoms with Gasteiger partial charge in [-0.05, 0) is 17.7 Å². The molecule has 1 unspecified atom stereocenters. The van der Waals surface area contributed by atoms with Crippen molar-refractivity contribution in [3.05, 3.63) is 84.3 Å². The van der Waals surface area contributed by atoms with Gasteiger partial charge in [-0.15, -0.1) is 0 Å². The van der Waals surface area contributed by atoms with Gasteiger partial charge < -0.3 is 11.1 Å². The van der Waals surface area contributed by atoms with Gasteiger partial charge in [0, 0.05) is 41.1 Å². The first-order chi connectivity index (χ1) is 16.8. The molecule has 0 bridgehead atoms. The molecule has 1 fully saturated rings. The predicted octanol–water partition coefficient (Wildman–Crippen LogP) is 2.89. The number of rotatable bonds is 5. The summed E-state index contributed by atoms with van der Waals surface area (Å²) in [6.07, 6.45) is 4.11. The van der Waals surface area contributed by atoms with Crippen LogP contribution in [0.25, 0.3) is 44.8 Å². The molecule has 0 amide bonds. The quantitative estimate of drug-likeness (QED) is 0.383. The molecule has 1 atom stereocenters. The lowest BCUT2D eigenvalue weighted by Gasteiger charge is -2.13. The van der Waals surface area contributed by atoms with Gasteiger partial charge in [0.2, 0.25) is 5.82 Å². The van der Waals surface area contributed by atoms with Crippen molar-refractivity contribution in [2.24, 2.45) is 0 Å². The zero-order chi connectivity index (χ0) is 22.9. The van der Waals surface area contributed by atoms with Crippen molar-refractivity contribution in [1.82, 2.24) is 25.1 Å². The summed E-state index contributed by atoms with van der Waals surface area (Å²) in [5.41, 5.74) is 11.0. The second kappa shape index (κ2) is 8.78. The summed E-state index contributed by atoms with van der Waals surface area (Å²) in [6, 6.07) is 23.4. The average Bonchev–Trinajstić information content (AvgIpc) is 3.61. The van der Waals surface area contributed by atoms with Gasteiger partial charge in [-0.2, -0.15) is 5.10 Å². The van der Waals surface area contributed by atoms with Crippen molar-refractivity contribution in [3.8, 4) is 33.9 Å². The van der Waals surface area contributed by atoms with Crippen LogP contribution in [0.1, 0.15) is 30.3 Å². The molecule has 6 N–H and O–H groups in total. The summed E-state index contributed by atoms with van der Waals surface area (Å²) < 4.78 is 0. The molecule has 1 saturated heterocycles. The van der Waals surface area contributed by atoms with E-state index in [1.165, 1.54) is 12.0 Å². The lowest BCUT2D eigenvalue weighted by atomic mass is 9.96. The highest BCUT2D eigenvalue weighted by molar-refractivity contribution is 5.97. The highest BCUT2D eigenvalue weighted by Gasteiger charge is 2.25. The second-order valence-corrected chi connectivity index (χ2v) is 8.74. The van der Waals surface area contributed by atoms with Crippen molar-refractivity contribution in [2.45, 2.75) is 25.4 Å². The van der Waals surface area contributed by atoms with Gasteiger partial charge in [0.15, 0.2) is 5.82 Å². The Labute approximate surface area is 197 Å². The first-order valence-electron chi connectivity index (χ1n) is 11.8. The normalized spacial score (nSPS) is 15.7. The number of hydrogen-bond acceptors (Lipinski definition) is 4. The largest absolute Gasteiger partial charge is 0.354 e. The van der Waals surface area contributed by atoms with Crippen molar-refractivity contribution in [1.29, 1.82) is 0 Å². The number of nitrogens with one attached hydrogen (secondary N) is 1. The average molecular weight is 450 g/mol. The Morgan fingerprint density at radius 3 is 2.56 bits per heavy atom. The van der Waals surface area contributed by atoms with E-state index in [4.69, 9.17) is 9.97 Å². The standard InChI is InChI=1S/C27H25N7/c28-16-17-8-10-19(11-9-17)24-20(18-5-2-1-3-6-18)15-21-22(31-24)12-14-30-25(21)27-32-26(33-34-27)23-7-4-13-29-23/h1-3,5-6,8-12,14-15,23,29H,4,7,13,16,28H2,(H,32,33,34)/p+2. The van der Waals surface area contributed by atoms with Crippen LogP contribution in [-0.2, 0) is 6.54 Å². The van der Waals surface area contributed by atoms with E-state index >= 15 is 0 Å². The molecule has 168 valence electrons. The number of hydrogen-bond donors (Lipinski definition) is 3. The molecule has 7 heteroatoms. The highest BCUT2D eigenvalue weighted by atomic mass is 15.2. The Hall–Kier alpha value is -3.94. The lowest BCUT2D eigenvalue weighted by Crippen LogP contribution is -2.82. The number of quaternary nitrogens is 2. The third-order valence-corrected chi connectivity index (χ3v) is 6.58. The van der Waals surface area contributed by atoms with E-state index in [1.54, 1.807) is 6.20 Å². The minimum atomic E-state index is 0.349. The summed E-state index contributed by atoms with van der Waals surface area (Å²) in [6.45, 7) is 1.90. The number of nitrogens with zero attached hydrogens (tertiary/aromatic N) is 4. The van der Waals surface area contributed by atoms with E-state index in [9.17, 15) is 0 Å². The molecule has 1 aliphatic rings. The van der Waals surface area contributed by atoms with E-state index in [2.05, 4.69) is 80.8 Å². The van der Waals surface area contributed by atoms with Crippen molar-refractivity contribution in [3.63, 3.8) is 0 Å².